The lowest BCUT2D eigenvalue weighted by Crippen LogP contribution is -2.12. The van der Waals surface area contributed by atoms with E-state index in [1.807, 2.05) is 12.3 Å². The molecule has 0 unspecified atom stereocenters. The molecule has 0 fully saturated rings. The van der Waals surface area contributed by atoms with Gasteiger partial charge in [0.05, 0.1) is 5.52 Å². The first-order valence-electron chi connectivity index (χ1n) is 6.91. The third kappa shape index (κ3) is 3.03. The third-order valence-corrected chi connectivity index (χ3v) is 3.45. The largest absolute Gasteiger partial charge is 0.309 e. The first-order valence-corrected chi connectivity index (χ1v) is 6.91. The van der Waals surface area contributed by atoms with Gasteiger partial charge in [0.1, 0.15) is 0 Å². The fourth-order valence-corrected chi connectivity index (χ4v) is 2.29. The Hall–Kier alpha value is -2.19. The zero-order valence-electron chi connectivity index (χ0n) is 11.6. The predicted molar refractivity (Wildman–Crippen MR) is 83.5 cm³/mol. The molecule has 0 spiro atoms. The van der Waals surface area contributed by atoms with Gasteiger partial charge in [0.15, 0.2) is 0 Å². The van der Waals surface area contributed by atoms with E-state index in [1.54, 1.807) is 0 Å². The Kier molecular flexibility index (Phi) is 3.75. The second kappa shape index (κ2) is 5.85. The molecule has 0 atom stereocenters. The van der Waals surface area contributed by atoms with Crippen LogP contribution in [0, 0.1) is 6.92 Å². The molecule has 1 aromatic heterocycles. The lowest BCUT2D eigenvalue weighted by molar-refractivity contribution is 0.694. The van der Waals surface area contributed by atoms with Crippen LogP contribution in [-0.4, -0.2) is 4.98 Å². The Balaban J connectivity index is 1.63. The Morgan fingerprint density at radius 3 is 2.50 bits per heavy atom. The summed E-state index contributed by atoms with van der Waals surface area (Å²) in [4.78, 5) is 4.34. The number of nitrogens with one attached hydrogen (secondary N) is 1. The van der Waals surface area contributed by atoms with Crippen LogP contribution in [0.4, 0.5) is 0 Å². The van der Waals surface area contributed by atoms with Crippen LogP contribution in [0.1, 0.15) is 16.7 Å². The monoisotopic (exact) mass is 262 g/mol. The average Bonchev–Trinajstić information content (AvgIpc) is 2.49. The van der Waals surface area contributed by atoms with E-state index < -0.39 is 0 Å². The zero-order valence-corrected chi connectivity index (χ0v) is 11.6. The summed E-state index contributed by atoms with van der Waals surface area (Å²) in [5, 5.41) is 4.68. The van der Waals surface area contributed by atoms with Crippen LogP contribution >= 0.6 is 0 Å². The standard InChI is InChI=1S/C18H18N2/c1-14-4-6-15(7-5-14)12-19-13-16-8-9-18-17(11-16)3-2-10-20-18/h2-11,19H,12-13H2,1H3. The van der Waals surface area contributed by atoms with Crippen molar-refractivity contribution < 1.29 is 0 Å². The summed E-state index contributed by atoms with van der Waals surface area (Å²) < 4.78 is 0. The van der Waals surface area contributed by atoms with Gasteiger partial charge in [0.25, 0.3) is 0 Å². The average molecular weight is 262 g/mol. The van der Waals surface area contributed by atoms with Crippen molar-refractivity contribution in [2.24, 2.45) is 0 Å². The highest BCUT2D eigenvalue weighted by atomic mass is 14.8. The Morgan fingerprint density at radius 2 is 1.65 bits per heavy atom. The first kappa shape index (κ1) is 12.8. The van der Waals surface area contributed by atoms with E-state index in [4.69, 9.17) is 0 Å². The number of fused-ring (bicyclic) bond motifs is 1. The quantitative estimate of drug-likeness (QED) is 0.773. The maximum atomic E-state index is 4.34. The SMILES string of the molecule is Cc1ccc(CNCc2ccc3ncccc3c2)cc1. The number of hydrogen-bond acceptors (Lipinski definition) is 2. The minimum absolute atomic E-state index is 0.874. The van der Waals surface area contributed by atoms with Crippen molar-refractivity contribution in [1.82, 2.24) is 10.3 Å². The predicted octanol–water partition coefficient (Wildman–Crippen LogP) is 3.83. The summed E-state index contributed by atoms with van der Waals surface area (Å²) in [5.41, 5.74) is 4.96. The second-order valence-electron chi connectivity index (χ2n) is 5.12. The van der Waals surface area contributed by atoms with Crippen molar-refractivity contribution in [2.75, 3.05) is 0 Å². The molecule has 0 amide bonds. The summed E-state index contributed by atoms with van der Waals surface area (Å²) >= 11 is 0. The van der Waals surface area contributed by atoms with Crippen molar-refractivity contribution in [3.8, 4) is 0 Å². The molecule has 2 aromatic carbocycles. The van der Waals surface area contributed by atoms with Crippen LogP contribution < -0.4 is 5.32 Å². The molecule has 1 N–H and O–H groups in total. The fraction of sp³-hybridized carbons (Fsp3) is 0.167. The highest BCUT2D eigenvalue weighted by molar-refractivity contribution is 5.78. The summed E-state index contributed by atoms with van der Waals surface area (Å²) in [5.74, 6) is 0. The van der Waals surface area contributed by atoms with E-state index in [0.717, 1.165) is 18.6 Å². The number of benzene rings is 2. The van der Waals surface area contributed by atoms with Crippen LogP contribution in [0.15, 0.2) is 60.8 Å². The van der Waals surface area contributed by atoms with Gasteiger partial charge in [-0.15, -0.1) is 0 Å². The van der Waals surface area contributed by atoms with E-state index in [0.29, 0.717) is 0 Å². The molecular weight excluding hydrogens is 244 g/mol. The van der Waals surface area contributed by atoms with Crippen molar-refractivity contribution in [2.45, 2.75) is 20.0 Å². The molecule has 1 heterocycles. The van der Waals surface area contributed by atoms with E-state index >= 15 is 0 Å². The number of hydrogen-bond donors (Lipinski definition) is 1. The molecule has 0 aliphatic rings. The van der Waals surface area contributed by atoms with Crippen molar-refractivity contribution >= 4 is 10.9 Å². The molecule has 0 saturated carbocycles. The third-order valence-electron chi connectivity index (χ3n) is 3.45. The van der Waals surface area contributed by atoms with E-state index in [1.165, 1.54) is 22.1 Å². The van der Waals surface area contributed by atoms with Crippen LogP contribution in [0.3, 0.4) is 0 Å². The Morgan fingerprint density at radius 1 is 0.900 bits per heavy atom. The normalized spacial score (nSPS) is 10.8. The van der Waals surface area contributed by atoms with Crippen LogP contribution in [0.25, 0.3) is 10.9 Å². The van der Waals surface area contributed by atoms with Gasteiger partial charge in [-0.1, -0.05) is 42.0 Å². The number of rotatable bonds is 4. The van der Waals surface area contributed by atoms with Crippen LogP contribution in [0.5, 0.6) is 0 Å². The molecule has 2 nitrogen and oxygen atoms in total. The summed E-state index contributed by atoms with van der Waals surface area (Å²) in [6.45, 7) is 3.88. The smallest absolute Gasteiger partial charge is 0.0702 e. The van der Waals surface area contributed by atoms with Gasteiger partial charge in [-0.25, -0.2) is 0 Å². The maximum absolute atomic E-state index is 4.34. The van der Waals surface area contributed by atoms with Crippen molar-refractivity contribution in [3.63, 3.8) is 0 Å². The van der Waals surface area contributed by atoms with E-state index in [9.17, 15) is 0 Å². The van der Waals surface area contributed by atoms with Crippen molar-refractivity contribution in [1.29, 1.82) is 0 Å². The molecule has 3 aromatic rings. The summed E-state index contributed by atoms with van der Waals surface area (Å²) in [7, 11) is 0. The number of nitrogens with zero attached hydrogens (tertiary/aromatic N) is 1. The Bertz CT molecular complexity index is 702. The molecule has 0 saturated heterocycles. The summed E-state index contributed by atoms with van der Waals surface area (Å²) in [6, 6.07) is 19.1. The Labute approximate surface area is 119 Å². The highest BCUT2D eigenvalue weighted by Crippen LogP contribution is 2.13. The number of pyridine rings is 1. The first-order chi connectivity index (χ1) is 9.81. The van der Waals surface area contributed by atoms with Gasteiger partial charge in [-0.3, -0.25) is 4.98 Å². The van der Waals surface area contributed by atoms with Crippen molar-refractivity contribution in [3.05, 3.63) is 77.5 Å². The lowest BCUT2D eigenvalue weighted by Gasteiger charge is -2.06. The lowest BCUT2D eigenvalue weighted by atomic mass is 10.1. The van der Waals surface area contributed by atoms with Gasteiger partial charge in [-0.2, -0.15) is 0 Å². The molecule has 0 aliphatic carbocycles. The van der Waals surface area contributed by atoms with Gasteiger partial charge in [0.2, 0.25) is 0 Å². The minimum Gasteiger partial charge on any atom is -0.309 e. The highest BCUT2D eigenvalue weighted by Gasteiger charge is 1.97. The topological polar surface area (TPSA) is 24.9 Å². The molecular formula is C18H18N2. The molecule has 3 rings (SSSR count). The molecule has 2 heteroatoms. The number of aromatic nitrogens is 1. The van der Waals surface area contributed by atoms with Gasteiger partial charge >= 0.3 is 0 Å². The van der Waals surface area contributed by atoms with E-state index in [2.05, 4.69) is 65.8 Å². The molecule has 0 bridgehead atoms. The maximum Gasteiger partial charge on any atom is 0.0702 e. The summed E-state index contributed by atoms with van der Waals surface area (Å²) in [6.07, 6.45) is 1.83. The fourth-order valence-electron chi connectivity index (χ4n) is 2.29. The molecule has 0 radical (unpaired) electrons. The van der Waals surface area contributed by atoms with Crippen LogP contribution in [-0.2, 0) is 13.1 Å². The second-order valence-corrected chi connectivity index (χ2v) is 5.12. The van der Waals surface area contributed by atoms with Crippen LogP contribution in [0.2, 0.25) is 0 Å². The number of aryl methyl sites for hydroxylation is 1. The minimum atomic E-state index is 0.874. The zero-order chi connectivity index (χ0) is 13.8. The van der Waals surface area contributed by atoms with E-state index in [-0.39, 0.29) is 0 Å². The van der Waals surface area contributed by atoms with Gasteiger partial charge in [-0.05, 0) is 36.2 Å². The van der Waals surface area contributed by atoms with Gasteiger partial charge in [0, 0.05) is 24.7 Å². The molecule has 100 valence electrons. The molecule has 0 aliphatic heterocycles. The van der Waals surface area contributed by atoms with Gasteiger partial charge < -0.3 is 5.32 Å². The molecule has 20 heavy (non-hydrogen) atoms.